The van der Waals surface area contributed by atoms with Gasteiger partial charge in [-0.1, -0.05) is 32.0 Å². The summed E-state index contributed by atoms with van der Waals surface area (Å²) in [5.41, 5.74) is 0.942. The molecule has 0 bridgehead atoms. The lowest BCUT2D eigenvalue weighted by atomic mass is 10.2. The van der Waals surface area contributed by atoms with E-state index in [1.807, 2.05) is 36.4 Å². The molecular weight excluding hydrogens is 455 g/mol. The molecule has 0 aliphatic carbocycles. The van der Waals surface area contributed by atoms with E-state index in [4.69, 9.17) is 9.47 Å². The number of halogens is 1. The highest BCUT2D eigenvalue weighted by Gasteiger charge is 2.10. The number of nitrogens with zero attached hydrogens (tertiary/aromatic N) is 2. The first-order chi connectivity index (χ1) is 12.8. The van der Waals surface area contributed by atoms with Crippen molar-refractivity contribution in [3.63, 3.8) is 0 Å². The molecule has 0 atom stereocenters. The van der Waals surface area contributed by atoms with Crippen LogP contribution in [0.5, 0.6) is 17.4 Å². The minimum Gasteiger partial charge on any atom is -0.490 e. The Morgan fingerprint density at radius 3 is 2.52 bits per heavy atom. The van der Waals surface area contributed by atoms with Crippen LogP contribution in [0.4, 0.5) is 0 Å². The minimum absolute atomic E-state index is 0. The fourth-order valence-electron chi connectivity index (χ4n) is 2.26. The zero-order chi connectivity index (χ0) is 18.6. The van der Waals surface area contributed by atoms with Crippen LogP contribution in [0.2, 0.25) is 0 Å². The molecule has 7 heteroatoms. The second kappa shape index (κ2) is 13.2. The minimum atomic E-state index is 0. The molecule has 0 saturated carbocycles. The van der Waals surface area contributed by atoms with E-state index in [-0.39, 0.29) is 24.0 Å². The Morgan fingerprint density at radius 2 is 1.81 bits per heavy atom. The van der Waals surface area contributed by atoms with Gasteiger partial charge in [0.2, 0.25) is 5.88 Å². The maximum atomic E-state index is 6.05. The number of guanidine groups is 1. The van der Waals surface area contributed by atoms with E-state index in [9.17, 15) is 0 Å². The zero-order valence-corrected chi connectivity index (χ0v) is 18.5. The zero-order valence-electron chi connectivity index (χ0n) is 16.2. The van der Waals surface area contributed by atoms with E-state index >= 15 is 0 Å². The summed E-state index contributed by atoms with van der Waals surface area (Å²) in [6.45, 7) is 6.27. The number of hydrogen-bond acceptors (Lipinski definition) is 4. The van der Waals surface area contributed by atoms with Gasteiger partial charge in [0.15, 0.2) is 17.5 Å². The third-order valence-electron chi connectivity index (χ3n) is 3.58. The monoisotopic (exact) mass is 484 g/mol. The SMILES string of the molecule is CCCNC(=NC)NCc1cccnc1Oc1ccccc1OCCC.I. The first kappa shape index (κ1) is 23.0. The van der Waals surface area contributed by atoms with Gasteiger partial charge in [0.25, 0.3) is 0 Å². The van der Waals surface area contributed by atoms with Gasteiger partial charge in [-0.25, -0.2) is 4.98 Å². The third-order valence-corrected chi connectivity index (χ3v) is 3.58. The number of benzene rings is 1. The van der Waals surface area contributed by atoms with E-state index in [0.29, 0.717) is 24.8 Å². The second-order valence-corrected chi connectivity index (χ2v) is 5.72. The summed E-state index contributed by atoms with van der Waals surface area (Å²) in [6.07, 6.45) is 3.70. The van der Waals surface area contributed by atoms with Crippen molar-refractivity contribution in [1.29, 1.82) is 0 Å². The van der Waals surface area contributed by atoms with Crippen molar-refractivity contribution < 1.29 is 9.47 Å². The highest BCUT2D eigenvalue weighted by Crippen LogP contribution is 2.31. The van der Waals surface area contributed by atoms with Crippen molar-refractivity contribution in [2.24, 2.45) is 4.99 Å². The lowest BCUT2D eigenvalue weighted by Crippen LogP contribution is -2.37. The number of hydrogen-bond donors (Lipinski definition) is 2. The number of pyridine rings is 1. The van der Waals surface area contributed by atoms with Crippen molar-refractivity contribution >= 4 is 29.9 Å². The van der Waals surface area contributed by atoms with E-state index in [1.54, 1.807) is 13.2 Å². The van der Waals surface area contributed by atoms with Gasteiger partial charge >= 0.3 is 0 Å². The Hall–Kier alpha value is -2.03. The van der Waals surface area contributed by atoms with Crippen LogP contribution in [0.1, 0.15) is 32.3 Å². The normalized spacial score (nSPS) is 10.7. The largest absolute Gasteiger partial charge is 0.490 e. The van der Waals surface area contributed by atoms with Gasteiger partial charge in [0.05, 0.1) is 6.61 Å². The van der Waals surface area contributed by atoms with Gasteiger partial charge in [0.1, 0.15) is 0 Å². The van der Waals surface area contributed by atoms with Crippen molar-refractivity contribution in [3.8, 4) is 17.4 Å². The summed E-state index contributed by atoms with van der Waals surface area (Å²) in [4.78, 5) is 8.60. The number of nitrogens with one attached hydrogen (secondary N) is 2. The highest BCUT2D eigenvalue weighted by molar-refractivity contribution is 14.0. The molecule has 1 aromatic carbocycles. The summed E-state index contributed by atoms with van der Waals surface area (Å²) in [6, 6.07) is 11.5. The molecule has 1 heterocycles. The number of ether oxygens (including phenoxy) is 2. The van der Waals surface area contributed by atoms with Gasteiger partial charge in [-0.2, -0.15) is 0 Å². The first-order valence-corrected chi connectivity index (χ1v) is 9.06. The van der Waals surface area contributed by atoms with E-state index in [0.717, 1.165) is 36.7 Å². The standard InChI is InChI=1S/C20H28N4O2.HI/c1-4-12-23-20(21-3)24-15-16-9-8-13-22-19(16)26-18-11-7-6-10-17(18)25-14-5-2;/h6-11,13H,4-5,12,14-15H2,1-3H3,(H2,21,23,24);1H. The summed E-state index contributed by atoms with van der Waals surface area (Å²) in [5.74, 6) is 2.69. The second-order valence-electron chi connectivity index (χ2n) is 5.72. The molecule has 27 heavy (non-hydrogen) atoms. The van der Waals surface area contributed by atoms with Crippen molar-refractivity contribution in [1.82, 2.24) is 15.6 Å². The van der Waals surface area contributed by atoms with Crippen LogP contribution in [-0.2, 0) is 6.54 Å². The van der Waals surface area contributed by atoms with E-state index < -0.39 is 0 Å². The quantitative estimate of drug-likeness (QED) is 0.315. The summed E-state index contributed by atoms with van der Waals surface area (Å²) >= 11 is 0. The van der Waals surface area contributed by atoms with Gasteiger partial charge in [-0.15, -0.1) is 24.0 Å². The fourth-order valence-corrected chi connectivity index (χ4v) is 2.26. The van der Waals surface area contributed by atoms with Crippen LogP contribution >= 0.6 is 24.0 Å². The summed E-state index contributed by atoms with van der Waals surface area (Å²) in [5, 5.41) is 6.53. The Morgan fingerprint density at radius 1 is 1.04 bits per heavy atom. The number of rotatable bonds is 9. The Labute approximate surface area is 178 Å². The van der Waals surface area contributed by atoms with E-state index in [1.165, 1.54) is 0 Å². The molecule has 148 valence electrons. The van der Waals surface area contributed by atoms with E-state index in [2.05, 4.69) is 34.5 Å². The summed E-state index contributed by atoms with van der Waals surface area (Å²) < 4.78 is 11.8. The van der Waals surface area contributed by atoms with Crippen LogP contribution in [0, 0.1) is 0 Å². The van der Waals surface area contributed by atoms with Gasteiger partial charge in [-0.05, 0) is 31.0 Å². The van der Waals surface area contributed by atoms with Gasteiger partial charge in [-0.3, -0.25) is 4.99 Å². The molecule has 0 amide bonds. The lowest BCUT2D eigenvalue weighted by molar-refractivity contribution is 0.300. The average molecular weight is 484 g/mol. The van der Waals surface area contributed by atoms with Crippen LogP contribution < -0.4 is 20.1 Å². The molecule has 2 rings (SSSR count). The molecule has 1 aromatic heterocycles. The van der Waals surface area contributed by atoms with Gasteiger partial charge < -0.3 is 20.1 Å². The lowest BCUT2D eigenvalue weighted by Gasteiger charge is -2.15. The molecule has 6 nitrogen and oxygen atoms in total. The maximum absolute atomic E-state index is 6.05. The molecule has 0 unspecified atom stereocenters. The van der Waals surface area contributed by atoms with Crippen LogP contribution in [-0.4, -0.2) is 31.1 Å². The van der Waals surface area contributed by atoms with Gasteiger partial charge in [0, 0.05) is 31.9 Å². The Kier molecular flexibility index (Phi) is 11.2. The Bertz CT molecular complexity index is 710. The van der Waals surface area contributed by atoms with Crippen molar-refractivity contribution in [2.75, 3.05) is 20.2 Å². The number of aromatic nitrogens is 1. The van der Waals surface area contributed by atoms with Crippen molar-refractivity contribution in [3.05, 3.63) is 48.2 Å². The molecule has 0 spiro atoms. The average Bonchev–Trinajstić information content (AvgIpc) is 2.68. The van der Waals surface area contributed by atoms with Crippen LogP contribution in [0.25, 0.3) is 0 Å². The highest BCUT2D eigenvalue weighted by atomic mass is 127. The molecule has 0 fully saturated rings. The molecule has 2 N–H and O–H groups in total. The maximum Gasteiger partial charge on any atom is 0.224 e. The first-order valence-electron chi connectivity index (χ1n) is 9.06. The molecule has 2 aromatic rings. The molecule has 0 radical (unpaired) electrons. The smallest absolute Gasteiger partial charge is 0.224 e. The number of aliphatic imine (C=N–C) groups is 1. The molecular formula is C20H29IN4O2. The fraction of sp³-hybridized carbons (Fsp3) is 0.400. The Balaban J connectivity index is 0.00000364. The summed E-state index contributed by atoms with van der Waals surface area (Å²) in [7, 11) is 1.76. The van der Waals surface area contributed by atoms with Crippen molar-refractivity contribution in [2.45, 2.75) is 33.2 Å². The van der Waals surface area contributed by atoms with Crippen LogP contribution in [0.15, 0.2) is 47.6 Å². The third kappa shape index (κ3) is 7.62. The topological polar surface area (TPSA) is 67.8 Å². The predicted molar refractivity (Wildman–Crippen MR) is 120 cm³/mol. The molecule has 0 aliphatic rings. The molecule has 0 aliphatic heterocycles. The number of para-hydroxylation sites is 2. The molecule has 0 saturated heterocycles. The predicted octanol–water partition coefficient (Wildman–Crippen LogP) is 4.36. The van der Waals surface area contributed by atoms with Crippen LogP contribution in [0.3, 0.4) is 0 Å².